The summed E-state index contributed by atoms with van der Waals surface area (Å²) in [6.07, 6.45) is 5.90. The van der Waals surface area contributed by atoms with Crippen LogP contribution in [0.25, 0.3) is 0 Å². The van der Waals surface area contributed by atoms with E-state index in [2.05, 4.69) is 19.2 Å². The minimum atomic E-state index is -0.196. The van der Waals surface area contributed by atoms with Crippen molar-refractivity contribution >= 4 is 6.03 Å². The second-order valence-electron chi connectivity index (χ2n) is 5.88. The number of rotatable bonds is 1. The lowest BCUT2D eigenvalue weighted by Gasteiger charge is -2.34. The molecule has 1 N–H and O–H groups in total. The fraction of sp³-hybridized carbons (Fsp3) is 0.923. The molecule has 4 heteroatoms. The maximum Gasteiger partial charge on any atom is 0.320 e. The van der Waals surface area contributed by atoms with Crippen LogP contribution in [0.15, 0.2) is 0 Å². The van der Waals surface area contributed by atoms with Gasteiger partial charge in [-0.2, -0.15) is 0 Å². The van der Waals surface area contributed by atoms with Gasteiger partial charge in [-0.05, 0) is 33.6 Å². The van der Waals surface area contributed by atoms with Gasteiger partial charge in [-0.3, -0.25) is 4.90 Å². The van der Waals surface area contributed by atoms with Gasteiger partial charge < -0.3 is 10.1 Å². The average Bonchev–Trinajstić information content (AvgIpc) is 2.54. The second-order valence-corrected chi connectivity index (χ2v) is 5.88. The Kier molecular flexibility index (Phi) is 3.61. The summed E-state index contributed by atoms with van der Waals surface area (Å²) in [5.74, 6) is 0. The molecule has 2 fully saturated rings. The van der Waals surface area contributed by atoms with E-state index in [0.29, 0.717) is 12.6 Å². The summed E-state index contributed by atoms with van der Waals surface area (Å²) in [4.78, 5) is 14.1. The molecule has 2 rings (SSSR count). The van der Waals surface area contributed by atoms with Crippen LogP contribution < -0.4 is 5.32 Å². The maximum atomic E-state index is 12.3. The highest BCUT2D eigenvalue weighted by Crippen LogP contribution is 2.27. The van der Waals surface area contributed by atoms with Crippen LogP contribution in [0.2, 0.25) is 0 Å². The fourth-order valence-electron chi connectivity index (χ4n) is 2.89. The normalized spacial score (nSPS) is 29.4. The second kappa shape index (κ2) is 4.84. The molecule has 1 saturated carbocycles. The highest BCUT2D eigenvalue weighted by Gasteiger charge is 2.41. The monoisotopic (exact) mass is 240 g/mol. The van der Waals surface area contributed by atoms with E-state index >= 15 is 0 Å². The third kappa shape index (κ3) is 2.73. The smallest absolute Gasteiger partial charge is 0.320 e. The molecule has 1 saturated heterocycles. The quantitative estimate of drug-likeness (QED) is 0.765. The zero-order valence-corrected chi connectivity index (χ0v) is 11.2. The van der Waals surface area contributed by atoms with Crippen molar-refractivity contribution in [1.29, 1.82) is 0 Å². The summed E-state index contributed by atoms with van der Waals surface area (Å²) in [7, 11) is 0. The summed E-state index contributed by atoms with van der Waals surface area (Å²) in [5, 5.41) is 3.15. The van der Waals surface area contributed by atoms with E-state index in [4.69, 9.17) is 4.74 Å². The van der Waals surface area contributed by atoms with Crippen LogP contribution in [-0.4, -0.2) is 35.3 Å². The number of nitrogens with one attached hydrogen (secondary N) is 1. The summed E-state index contributed by atoms with van der Waals surface area (Å²) in [5.41, 5.74) is -0.196. The Morgan fingerprint density at radius 2 is 1.94 bits per heavy atom. The molecule has 98 valence electrons. The molecule has 1 heterocycles. The standard InChI is InChI=1S/C13H24N2O2/c1-10-15(13(2,3)9-17-10)12(16)14-11-7-5-4-6-8-11/h10-11H,4-9H2,1-3H3,(H,14,16). The lowest BCUT2D eigenvalue weighted by molar-refractivity contribution is 0.0595. The number of carbonyl (C=O) groups is 1. The predicted molar refractivity (Wildman–Crippen MR) is 66.7 cm³/mol. The van der Waals surface area contributed by atoms with Crippen LogP contribution in [0.4, 0.5) is 4.79 Å². The molecule has 0 bridgehead atoms. The van der Waals surface area contributed by atoms with Crippen molar-refractivity contribution in [3.8, 4) is 0 Å². The van der Waals surface area contributed by atoms with Crippen molar-refractivity contribution in [2.75, 3.05) is 6.61 Å². The van der Waals surface area contributed by atoms with Crippen molar-refractivity contribution in [3.05, 3.63) is 0 Å². The van der Waals surface area contributed by atoms with Crippen molar-refractivity contribution in [2.45, 2.75) is 70.7 Å². The molecule has 17 heavy (non-hydrogen) atoms. The molecular formula is C13H24N2O2. The van der Waals surface area contributed by atoms with Crippen molar-refractivity contribution < 1.29 is 9.53 Å². The molecule has 1 atom stereocenters. The first kappa shape index (κ1) is 12.7. The van der Waals surface area contributed by atoms with Gasteiger partial charge in [0.2, 0.25) is 0 Å². The van der Waals surface area contributed by atoms with Crippen LogP contribution in [0.5, 0.6) is 0 Å². The van der Waals surface area contributed by atoms with Crippen LogP contribution in [0, 0.1) is 0 Å². The van der Waals surface area contributed by atoms with E-state index in [-0.39, 0.29) is 17.8 Å². The number of amides is 2. The van der Waals surface area contributed by atoms with Gasteiger partial charge >= 0.3 is 6.03 Å². The van der Waals surface area contributed by atoms with Gasteiger partial charge in [-0.1, -0.05) is 19.3 Å². The third-order valence-corrected chi connectivity index (χ3v) is 3.85. The molecule has 0 aromatic heterocycles. The van der Waals surface area contributed by atoms with E-state index in [1.807, 2.05) is 11.8 Å². The minimum Gasteiger partial charge on any atom is -0.356 e. The lowest BCUT2D eigenvalue weighted by atomic mass is 9.95. The average molecular weight is 240 g/mol. The molecule has 1 aliphatic carbocycles. The first-order chi connectivity index (χ1) is 8.00. The summed E-state index contributed by atoms with van der Waals surface area (Å²) < 4.78 is 5.56. The summed E-state index contributed by atoms with van der Waals surface area (Å²) in [6.45, 7) is 6.66. The van der Waals surface area contributed by atoms with Gasteiger partial charge in [-0.25, -0.2) is 4.79 Å². The van der Waals surface area contributed by atoms with Crippen molar-refractivity contribution in [2.24, 2.45) is 0 Å². The van der Waals surface area contributed by atoms with Gasteiger partial charge in [0.15, 0.2) is 0 Å². The van der Waals surface area contributed by atoms with E-state index in [1.165, 1.54) is 19.3 Å². The van der Waals surface area contributed by atoms with Gasteiger partial charge in [0.1, 0.15) is 6.23 Å². The Morgan fingerprint density at radius 3 is 2.47 bits per heavy atom. The van der Waals surface area contributed by atoms with Crippen LogP contribution in [0.1, 0.15) is 52.9 Å². The zero-order valence-electron chi connectivity index (χ0n) is 11.2. The van der Waals surface area contributed by atoms with E-state index in [9.17, 15) is 4.79 Å². The Labute approximate surface area is 104 Å². The maximum absolute atomic E-state index is 12.3. The SMILES string of the molecule is CC1OCC(C)(C)N1C(=O)NC1CCCCC1. The fourth-order valence-corrected chi connectivity index (χ4v) is 2.89. The molecule has 0 radical (unpaired) electrons. The molecule has 0 aromatic rings. The van der Waals surface area contributed by atoms with Crippen molar-refractivity contribution in [1.82, 2.24) is 10.2 Å². The molecule has 2 amide bonds. The Bertz CT molecular complexity index is 285. The Morgan fingerprint density at radius 1 is 1.29 bits per heavy atom. The largest absolute Gasteiger partial charge is 0.356 e. The number of hydrogen-bond acceptors (Lipinski definition) is 2. The first-order valence-corrected chi connectivity index (χ1v) is 6.72. The van der Waals surface area contributed by atoms with E-state index in [0.717, 1.165) is 12.8 Å². The first-order valence-electron chi connectivity index (χ1n) is 6.72. The minimum absolute atomic E-state index is 0.0342. The predicted octanol–water partition coefficient (Wildman–Crippen LogP) is 2.49. The van der Waals surface area contributed by atoms with Crippen LogP contribution in [0.3, 0.4) is 0 Å². The molecule has 1 aliphatic heterocycles. The van der Waals surface area contributed by atoms with Gasteiger partial charge in [0.25, 0.3) is 0 Å². The summed E-state index contributed by atoms with van der Waals surface area (Å²) >= 11 is 0. The highest BCUT2D eigenvalue weighted by molar-refractivity contribution is 5.76. The van der Waals surface area contributed by atoms with Crippen LogP contribution >= 0.6 is 0 Å². The topological polar surface area (TPSA) is 41.6 Å². The van der Waals surface area contributed by atoms with Gasteiger partial charge in [0.05, 0.1) is 12.1 Å². The molecule has 4 nitrogen and oxygen atoms in total. The third-order valence-electron chi connectivity index (χ3n) is 3.85. The zero-order chi connectivity index (χ0) is 12.5. The van der Waals surface area contributed by atoms with Gasteiger partial charge in [-0.15, -0.1) is 0 Å². The highest BCUT2D eigenvalue weighted by atomic mass is 16.5. The number of ether oxygens (including phenoxy) is 1. The lowest BCUT2D eigenvalue weighted by Crippen LogP contribution is -2.54. The molecule has 1 unspecified atom stereocenters. The number of hydrogen-bond donors (Lipinski definition) is 1. The molecule has 0 spiro atoms. The summed E-state index contributed by atoms with van der Waals surface area (Å²) in [6, 6.07) is 0.395. The number of carbonyl (C=O) groups excluding carboxylic acids is 1. The van der Waals surface area contributed by atoms with Crippen LogP contribution in [-0.2, 0) is 4.74 Å². The number of urea groups is 1. The number of nitrogens with zero attached hydrogens (tertiary/aromatic N) is 1. The van der Waals surface area contributed by atoms with E-state index < -0.39 is 0 Å². The Balaban J connectivity index is 1.94. The molecule has 2 aliphatic rings. The van der Waals surface area contributed by atoms with Crippen molar-refractivity contribution in [3.63, 3.8) is 0 Å². The molecular weight excluding hydrogens is 216 g/mol. The molecule has 0 aromatic carbocycles. The van der Waals surface area contributed by atoms with E-state index in [1.54, 1.807) is 0 Å². The van der Waals surface area contributed by atoms with Gasteiger partial charge in [0, 0.05) is 6.04 Å². The Hall–Kier alpha value is -0.770.